The molecule has 0 saturated heterocycles. The third kappa shape index (κ3) is 31.2. The molecule has 0 aliphatic carbocycles. The van der Waals surface area contributed by atoms with Crippen LogP contribution >= 0.6 is 12.1 Å². The van der Waals surface area contributed by atoms with Crippen LogP contribution in [0.15, 0.2) is 0 Å². The van der Waals surface area contributed by atoms with Crippen molar-refractivity contribution in [2.45, 2.75) is 0 Å². The first-order valence-corrected chi connectivity index (χ1v) is 2.52. The molecular weight excluding hydrogens is 176 g/mol. The van der Waals surface area contributed by atoms with Crippen LogP contribution < -0.4 is 0 Å². The topological polar surface area (TPSA) is 134 Å². The van der Waals surface area contributed by atoms with Gasteiger partial charge in [-0.2, -0.15) is 10.5 Å². The third-order valence-electron chi connectivity index (χ3n) is 0.183. The summed E-state index contributed by atoms with van der Waals surface area (Å²) in [6.45, 7) is 0. The summed E-state index contributed by atoms with van der Waals surface area (Å²) < 4.78 is -2.17. The lowest BCUT2D eigenvalue weighted by Crippen LogP contribution is -1.90. The van der Waals surface area contributed by atoms with E-state index in [1.165, 1.54) is 12.1 Å². The summed E-state index contributed by atoms with van der Waals surface area (Å²) >= 11 is -0.546. The molecule has 0 aliphatic rings. The van der Waals surface area contributed by atoms with E-state index in [9.17, 15) is 0 Å². The zero-order valence-electron chi connectivity index (χ0n) is 4.83. The summed E-state index contributed by atoms with van der Waals surface area (Å²) in [5.74, 6) is 0. The van der Waals surface area contributed by atoms with E-state index in [1.54, 1.807) is 0 Å². The Bertz CT molecular complexity index is 201. The Morgan fingerprint density at radius 2 is 1.36 bits per heavy atom. The minimum absolute atomic E-state index is 0.546. The fourth-order valence-corrected chi connectivity index (χ4v) is 0.163. The molecule has 0 N–H and O–H groups in total. The third-order valence-corrected chi connectivity index (χ3v) is 0.450. The first-order valence-electron chi connectivity index (χ1n) is 1.79. The quantitative estimate of drug-likeness (QED) is 0.331. The molecule has 11 heavy (non-hydrogen) atoms. The summed E-state index contributed by atoms with van der Waals surface area (Å²) in [6.07, 6.45) is 0. The van der Waals surface area contributed by atoms with Crippen molar-refractivity contribution in [3.8, 4) is 12.1 Å². The lowest BCUT2D eigenvalue weighted by Gasteiger charge is -1.71. The Morgan fingerprint density at radius 1 is 1.09 bits per heavy atom. The predicted octanol–water partition coefficient (Wildman–Crippen LogP) is 0.137. The van der Waals surface area contributed by atoms with Gasteiger partial charge in [-0.05, 0) is 0 Å². The zero-order chi connectivity index (χ0) is 9.28. The highest BCUT2D eigenvalue weighted by molar-refractivity contribution is 7.87. The van der Waals surface area contributed by atoms with Crippen LogP contribution in [-0.2, 0) is 0 Å². The van der Waals surface area contributed by atoms with E-state index < -0.39 is 20.8 Å². The monoisotopic (exact) mass is 176 g/mol. The van der Waals surface area contributed by atoms with Gasteiger partial charge in [0.25, 0.3) is 0 Å². The Kier molecular flexibility index (Phi) is 8.77. The molecule has 9 heteroatoms. The van der Waals surface area contributed by atoms with Crippen molar-refractivity contribution < 1.29 is 8.66 Å². The minimum Gasteiger partial charge on any atom is -0.246 e. The van der Waals surface area contributed by atoms with Crippen molar-refractivity contribution in [3.63, 3.8) is 0 Å². The van der Waals surface area contributed by atoms with Crippen molar-refractivity contribution in [1.29, 1.82) is 10.5 Å². The lowest BCUT2D eigenvalue weighted by atomic mass is 10.9. The molecule has 0 amide bonds. The maximum atomic E-state index is 9.14. The molecule has 0 aromatic carbocycles. The Morgan fingerprint density at radius 3 is 1.36 bits per heavy atom. The van der Waals surface area contributed by atoms with Crippen LogP contribution in [0, 0.1) is 42.9 Å². The summed E-state index contributed by atoms with van der Waals surface area (Å²) in [4.78, 5) is 18.3. The number of nitriles is 2. The fraction of sp³-hybridized carbons (Fsp3) is 0. The molecule has 0 atom stereocenters. The molecule has 8 nitrogen and oxygen atoms in total. The SMILES string of the molecule is N#CC#N.O=[N+]([O-])S[N+](=O)[O-]. The van der Waals surface area contributed by atoms with E-state index in [2.05, 4.69) is 0 Å². The van der Waals surface area contributed by atoms with Gasteiger partial charge in [0.15, 0.2) is 20.8 Å². The molecular formula is C2N4O4S. The van der Waals surface area contributed by atoms with Gasteiger partial charge in [0, 0.05) is 0 Å². The molecule has 0 rings (SSSR count). The summed E-state index contributed by atoms with van der Waals surface area (Å²) in [6, 6.07) is 2.47. The van der Waals surface area contributed by atoms with Gasteiger partial charge in [0.2, 0.25) is 0 Å². The van der Waals surface area contributed by atoms with E-state index in [4.69, 9.17) is 30.8 Å². The second kappa shape index (κ2) is 8.13. The summed E-state index contributed by atoms with van der Waals surface area (Å²) in [7, 11) is 0. The highest BCUT2D eigenvalue weighted by atomic mass is 32.2. The normalized spacial score (nSPS) is 6.00. The molecule has 0 fully saturated rings. The molecule has 0 aromatic rings. The molecule has 0 heterocycles. The summed E-state index contributed by atoms with van der Waals surface area (Å²) in [5, 5.41) is 32.8. The zero-order valence-corrected chi connectivity index (χ0v) is 5.65. The van der Waals surface area contributed by atoms with E-state index in [0.717, 1.165) is 0 Å². The predicted molar refractivity (Wildman–Crippen MR) is 32.8 cm³/mol. The molecule has 0 aliphatic heterocycles. The van der Waals surface area contributed by atoms with Gasteiger partial charge < -0.3 is 0 Å². The lowest BCUT2D eigenvalue weighted by molar-refractivity contribution is -0.389. The molecule has 0 aromatic heterocycles. The highest BCUT2D eigenvalue weighted by Crippen LogP contribution is 1.96. The van der Waals surface area contributed by atoms with Gasteiger partial charge >= 0.3 is 12.1 Å². The first-order chi connectivity index (χ1) is 5.04. The van der Waals surface area contributed by atoms with Crippen molar-refractivity contribution in [1.82, 2.24) is 0 Å². The Balaban J connectivity index is 0. The first kappa shape index (κ1) is 11.9. The second-order valence-corrected chi connectivity index (χ2v) is 1.51. The summed E-state index contributed by atoms with van der Waals surface area (Å²) in [5.41, 5.74) is 0. The molecule has 0 spiro atoms. The van der Waals surface area contributed by atoms with Crippen molar-refractivity contribution >= 4 is 12.1 Å². The van der Waals surface area contributed by atoms with Gasteiger partial charge in [-0.1, -0.05) is 0 Å². The van der Waals surface area contributed by atoms with Crippen LogP contribution in [0.1, 0.15) is 0 Å². The number of nitrogens with zero attached hydrogens (tertiary/aromatic N) is 4. The van der Waals surface area contributed by atoms with E-state index in [1.807, 2.05) is 0 Å². The average Bonchev–Trinajstić information content (AvgIpc) is 1.85. The minimum atomic E-state index is -1.08. The van der Waals surface area contributed by atoms with Crippen LogP contribution in [0.25, 0.3) is 0 Å². The standard InChI is InChI=1S/C2N2.N2O4S/c3-1-2-4;3-1(4)7-2(5)6. The van der Waals surface area contributed by atoms with E-state index in [-0.39, 0.29) is 0 Å². The maximum Gasteiger partial charge on any atom is 0.628 e. The molecule has 0 bridgehead atoms. The molecule has 0 saturated carbocycles. The van der Waals surface area contributed by atoms with Crippen LogP contribution in [0.4, 0.5) is 0 Å². The molecule has 0 radical (unpaired) electrons. The van der Waals surface area contributed by atoms with Crippen LogP contribution in [0.3, 0.4) is 0 Å². The van der Waals surface area contributed by atoms with Crippen molar-refractivity contribution in [3.05, 3.63) is 20.2 Å². The van der Waals surface area contributed by atoms with Gasteiger partial charge in [0.1, 0.15) is 0 Å². The van der Waals surface area contributed by atoms with Crippen LogP contribution in [-0.4, -0.2) is 8.66 Å². The van der Waals surface area contributed by atoms with Crippen molar-refractivity contribution in [2.24, 2.45) is 0 Å². The largest absolute Gasteiger partial charge is 0.628 e. The number of rotatable bonds is 2. The van der Waals surface area contributed by atoms with Crippen molar-refractivity contribution in [2.75, 3.05) is 0 Å². The number of hydrogen-bond donors (Lipinski definition) is 0. The van der Waals surface area contributed by atoms with E-state index >= 15 is 0 Å². The molecule has 58 valence electrons. The Hall–Kier alpha value is -1.87. The average molecular weight is 176 g/mol. The van der Waals surface area contributed by atoms with Gasteiger partial charge in [-0.15, -0.1) is 0 Å². The highest BCUT2D eigenvalue weighted by Gasteiger charge is 2.14. The smallest absolute Gasteiger partial charge is 0.246 e. The molecule has 0 unspecified atom stereocenters. The Labute approximate surface area is 64.6 Å². The van der Waals surface area contributed by atoms with Gasteiger partial charge in [-0.3, -0.25) is 0 Å². The maximum absolute atomic E-state index is 9.14. The van der Waals surface area contributed by atoms with Crippen LogP contribution in [0.2, 0.25) is 0 Å². The fourth-order valence-electron chi connectivity index (χ4n) is 0.0544. The number of nitro groups is 2. The van der Waals surface area contributed by atoms with Gasteiger partial charge in [-0.25, -0.2) is 20.2 Å². The van der Waals surface area contributed by atoms with Crippen LogP contribution in [0.5, 0.6) is 0 Å². The van der Waals surface area contributed by atoms with Gasteiger partial charge in [0.05, 0.1) is 0 Å². The second-order valence-electron chi connectivity index (χ2n) is 0.752. The van der Waals surface area contributed by atoms with E-state index in [0.29, 0.717) is 0 Å². The number of hydrogen-bond acceptors (Lipinski definition) is 7.